The predicted molar refractivity (Wildman–Crippen MR) is 66.1 cm³/mol. The van der Waals surface area contributed by atoms with Gasteiger partial charge in [-0.25, -0.2) is 8.42 Å². The molecule has 0 amide bonds. The molecule has 0 radical (unpaired) electrons. The SMILES string of the molecule is CCCCC(CC)CC1(O)CCS(=O)(=O)C1. The van der Waals surface area contributed by atoms with Crippen LogP contribution in [0.3, 0.4) is 0 Å². The lowest BCUT2D eigenvalue weighted by atomic mass is 9.85. The maximum Gasteiger partial charge on any atom is 0.153 e. The van der Waals surface area contributed by atoms with Crippen molar-refractivity contribution >= 4 is 9.84 Å². The Morgan fingerprint density at radius 1 is 1.38 bits per heavy atom. The second-order valence-electron chi connectivity index (χ2n) is 5.19. The van der Waals surface area contributed by atoms with Crippen molar-refractivity contribution in [2.24, 2.45) is 5.92 Å². The molecule has 4 heteroatoms. The highest BCUT2D eigenvalue weighted by Gasteiger charge is 2.41. The van der Waals surface area contributed by atoms with Gasteiger partial charge < -0.3 is 5.11 Å². The van der Waals surface area contributed by atoms with Crippen LogP contribution in [0.5, 0.6) is 0 Å². The molecule has 0 aromatic rings. The van der Waals surface area contributed by atoms with Gasteiger partial charge in [-0.2, -0.15) is 0 Å². The molecule has 96 valence electrons. The minimum absolute atomic E-state index is 0.0252. The van der Waals surface area contributed by atoms with Crippen LogP contribution < -0.4 is 0 Å². The Kier molecular flexibility index (Phi) is 4.80. The van der Waals surface area contributed by atoms with Crippen molar-refractivity contribution in [1.29, 1.82) is 0 Å². The fraction of sp³-hybridized carbons (Fsp3) is 1.00. The minimum Gasteiger partial charge on any atom is -0.389 e. The highest BCUT2D eigenvalue weighted by molar-refractivity contribution is 7.91. The largest absolute Gasteiger partial charge is 0.389 e. The number of aliphatic hydroxyl groups is 1. The Hall–Kier alpha value is -0.0900. The Labute approximate surface area is 99.2 Å². The molecular weight excluding hydrogens is 224 g/mol. The average Bonchev–Trinajstić information content (AvgIpc) is 2.48. The Morgan fingerprint density at radius 2 is 2.06 bits per heavy atom. The molecule has 1 rings (SSSR count). The molecule has 1 N–H and O–H groups in total. The molecule has 0 aromatic carbocycles. The van der Waals surface area contributed by atoms with Gasteiger partial charge in [-0.3, -0.25) is 0 Å². The summed E-state index contributed by atoms with van der Waals surface area (Å²) in [6, 6.07) is 0. The van der Waals surface area contributed by atoms with Gasteiger partial charge in [0.2, 0.25) is 0 Å². The van der Waals surface area contributed by atoms with Gasteiger partial charge in [0.25, 0.3) is 0 Å². The molecule has 2 unspecified atom stereocenters. The molecule has 0 bridgehead atoms. The zero-order chi connectivity index (χ0) is 12.2. The molecule has 0 aliphatic carbocycles. The van der Waals surface area contributed by atoms with Crippen molar-refractivity contribution < 1.29 is 13.5 Å². The van der Waals surface area contributed by atoms with Crippen LogP contribution in [-0.2, 0) is 9.84 Å². The first-order valence-electron chi connectivity index (χ1n) is 6.33. The van der Waals surface area contributed by atoms with Crippen molar-refractivity contribution in [3.63, 3.8) is 0 Å². The molecule has 1 heterocycles. The van der Waals surface area contributed by atoms with Gasteiger partial charge >= 0.3 is 0 Å². The van der Waals surface area contributed by atoms with E-state index in [2.05, 4.69) is 13.8 Å². The lowest BCUT2D eigenvalue weighted by molar-refractivity contribution is 0.0384. The van der Waals surface area contributed by atoms with Gasteiger partial charge in [-0.15, -0.1) is 0 Å². The molecular formula is C12H24O3S. The number of unbranched alkanes of at least 4 members (excludes halogenated alkanes) is 1. The van der Waals surface area contributed by atoms with E-state index in [-0.39, 0.29) is 11.5 Å². The summed E-state index contributed by atoms with van der Waals surface area (Å²) in [6.07, 6.45) is 5.55. The van der Waals surface area contributed by atoms with Gasteiger partial charge in [0, 0.05) is 0 Å². The number of rotatable bonds is 6. The minimum atomic E-state index is -2.98. The quantitative estimate of drug-likeness (QED) is 0.783. The molecule has 0 aromatic heterocycles. The third kappa shape index (κ3) is 4.06. The molecule has 1 saturated heterocycles. The van der Waals surface area contributed by atoms with Gasteiger partial charge in [0.1, 0.15) is 0 Å². The van der Waals surface area contributed by atoms with Gasteiger partial charge in [0.05, 0.1) is 17.1 Å². The van der Waals surface area contributed by atoms with E-state index in [1.807, 2.05) is 0 Å². The lowest BCUT2D eigenvalue weighted by Gasteiger charge is -2.26. The number of sulfone groups is 1. The fourth-order valence-corrected chi connectivity index (χ4v) is 4.46. The first-order chi connectivity index (χ1) is 7.41. The fourth-order valence-electron chi connectivity index (χ4n) is 2.54. The summed E-state index contributed by atoms with van der Waals surface area (Å²) in [5.74, 6) is 0.606. The van der Waals surface area contributed by atoms with E-state index in [1.165, 1.54) is 6.42 Å². The van der Waals surface area contributed by atoms with Gasteiger partial charge in [-0.05, 0) is 18.8 Å². The summed E-state index contributed by atoms with van der Waals surface area (Å²) in [5, 5.41) is 10.2. The first kappa shape index (κ1) is 14.0. The zero-order valence-corrected chi connectivity index (χ0v) is 11.2. The number of hydrogen-bond donors (Lipinski definition) is 1. The van der Waals surface area contributed by atoms with Crippen LogP contribution in [-0.4, -0.2) is 30.6 Å². The summed E-state index contributed by atoms with van der Waals surface area (Å²) in [6.45, 7) is 4.27. The lowest BCUT2D eigenvalue weighted by Crippen LogP contribution is -2.32. The summed E-state index contributed by atoms with van der Waals surface area (Å²) in [4.78, 5) is 0. The monoisotopic (exact) mass is 248 g/mol. The topological polar surface area (TPSA) is 54.4 Å². The van der Waals surface area contributed by atoms with E-state index >= 15 is 0 Å². The normalized spacial score (nSPS) is 30.4. The maximum atomic E-state index is 11.4. The van der Waals surface area contributed by atoms with Crippen LogP contribution in [0.25, 0.3) is 0 Å². The molecule has 2 atom stereocenters. The van der Waals surface area contributed by atoms with E-state index in [1.54, 1.807) is 0 Å². The van der Waals surface area contributed by atoms with Gasteiger partial charge in [-0.1, -0.05) is 39.5 Å². The molecule has 3 nitrogen and oxygen atoms in total. The molecule has 1 aliphatic rings. The van der Waals surface area contributed by atoms with Crippen LogP contribution in [0, 0.1) is 5.92 Å². The maximum absolute atomic E-state index is 11.4. The van der Waals surface area contributed by atoms with Crippen molar-refractivity contribution in [2.45, 2.75) is 58.0 Å². The summed E-state index contributed by atoms with van der Waals surface area (Å²) in [7, 11) is -2.98. The Morgan fingerprint density at radius 3 is 2.50 bits per heavy atom. The van der Waals surface area contributed by atoms with Crippen LogP contribution in [0.15, 0.2) is 0 Å². The van der Waals surface area contributed by atoms with Crippen LogP contribution in [0.2, 0.25) is 0 Å². The van der Waals surface area contributed by atoms with E-state index in [4.69, 9.17) is 0 Å². The molecule has 1 fully saturated rings. The Bertz CT molecular complexity index is 310. The highest BCUT2D eigenvalue weighted by atomic mass is 32.2. The van der Waals surface area contributed by atoms with Crippen molar-refractivity contribution in [1.82, 2.24) is 0 Å². The predicted octanol–water partition coefficient (Wildman–Crippen LogP) is 2.14. The van der Waals surface area contributed by atoms with Crippen LogP contribution in [0.1, 0.15) is 52.4 Å². The summed E-state index contributed by atoms with van der Waals surface area (Å²) < 4.78 is 22.7. The number of hydrogen-bond acceptors (Lipinski definition) is 3. The third-order valence-electron chi connectivity index (χ3n) is 3.58. The molecule has 0 spiro atoms. The van der Waals surface area contributed by atoms with Crippen molar-refractivity contribution in [2.75, 3.05) is 11.5 Å². The van der Waals surface area contributed by atoms with Gasteiger partial charge in [0.15, 0.2) is 9.84 Å². The second-order valence-corrected chi connectivity index (χ2v) is 7.37. The summed E-state index contributed by atoms with van der Waals surface area (Å²) >= 11 is 0. The van der Waals surface area contributed by atoms with Crippen molar-refractivity contribution in [3.05, 3.63) is 0 Å². The third-order valence-corrected chi connectivity index (χ3v) is 5.38. The van der Waals surface area contributed by atoms with E-state index in [9.17, 15) is 13.5 Å². The summed E-state index contributed by atoms with van der Waals surface area (Å²) in [5.41, 5.74) is -0.937. The average molecular weight is 248 g/mol. The molecule has 0 saturated carbocycles. The van der Waals surface area contributed by atoms with E-state index < -0.39 is 15.4 Å². The van der Waals surface area contributed by atoms with Crippen LogP contribution >= 0.6 is 0 Å². The smallest absolute Gasteiger partial charge is 0.153 e. The molecule has 16 heavy (non-hydrogen) atoms. The Balaban J connectivity index is 2.51. The zero-order valence-electron chi connectivity index (χ0n) is 10.4. The van der Waals surface area contributed by atoms with E-state index in [0.29, 0.717) is 18.8 Å². The second kappa shape index (κ2) is 5.50. The standard InChI is InChI=1S/C12H24O3S/c1-3-5-6-11(4-2)9-12(13)7-8-16(14,15)10-12/h11,13H,3-10H2,1-2H3. The van der Waals surface area contributed by atoms with Crippen molar-refractivity contribution in [3.8, 4) is 0 Å². The molecule has 1 aliphatic heterocycles. The first-order valence-corrected chi connectivity index (χ1v) is 8.16. The van der Waals surface area contributed by atoms with Crippen LogP contribution in [0.4, 0.5) is 0 Å². The van der Waals surface area contributed by atoms with E-state index in [0.717, 1.165) is 19.3 Å². The highest BCUT2D eigenvalue weighted by Crippen LogP contribution is 2.32.